The summed E-state index contributed by atoms with van der Waals surface area (Å²) in [5.41, 5.74) is 3.53. The van der Waals surface area contributed by atoms with E-state index in [1.54, 1.807) is 12.1 Å². The Kier molecular flexibility index (Phi) is 4.04. The van der Waals surface area contributed by atoms with Crippen molar-refractivity contribution in [3.8, 4) is 17.2 Å². The molecule has 2 heterocycles. The first-order valence-electron chi connectivity index (χ1n) is 7.96. The van der Waals surface area contributed by atoms with Crippen molar-refractivity contribution < 1.29 is 4.42 Å². The fourth-order valence-corrected chi connectivity index (χ4v) is 3.23. The fourth-order valence-electron chi connectivity index (χ4n) is 3.04. The first-order valence-corrected chi connectivity index (χ1v) is 8.34. The van der Waals surface area contributed by atoms with Gasteiger partial charge in [-0.15, -0.1) is 5.10 Å². The zero-order valence-corrected chi connectivity index (χ0v) is 14.3. The van der Waals surface area contributed by atoms with Crippen LogP contribution in [0.3, 0.4) is 0 Å². The van der Waals surface area contributed by atoms with Gasteiger partial charge in [0.25, 0.3) is 0 Å². The molecule has 0 bridgehead atoms. The molecule has 0 aliphatic heterocycles. The molecule has 0 saturated carbocycles. The number of hydrogen-bond donors (Lipinski definition) is 2. The number of nitriles is 1. The maximum Gasteiger partial charge on any atom is 0.248 e. The number of rotatable bonds is 3. The maximum atomic E-state index is 9.61. The van der Waals surface area contributed by atoms with E-state index in [1.807, 2.05) is 42.5 Å². The molecule has 2 N–H and O–H groups in total. The van der Waals surface area contributed by atoms with Gasteiger partial charge < -0.3 is 4.42 Å². The van der Waals surface area contributed by atoms with Gasteiger partial charge in [-0.05, 0) is 23.3 Å². The SMILES string of the molecule is N#Cc1c(-c2cccc(Cl)c2)c2c(Cc3ccccc3)[nH]nc2oc1=N. The van der Waals surface area contributed by atoms with E-state index in [0.29, 0.717) is 28.1 Å². The number of benzene rings is 2. The number of fused-ring (bicyclic) bond motifs is 1. The molecule has 26 heavy (non-hydrogen) atoms. The Labute approximate surface area is 154 Å². The normalized spacial score (nSPS) is 10.8. The van der Waals surface area contributed by atoms with Gasteiger partial charge in [-0.1, -0.05) is 54.1 Å². The van der Waals surface area contributed by atoms with Gasteiger partial charge in [-0.25, -0.2) is 0 Å². The Morgan fingerprint density at radius 2 is 1.96 bits per heavy atom. The molecule has 0 saturated heterocycles. The molecule has 4 rings (SSSR count). The summed E-state index contributed by atoms with van der Waals surface area (Å²) in [6, 6.07) is 19.2. The summed E-state index contributed by atoms with van der Waals surface area (Å²) in [5, 5.41) is 26.1. The van der Waals surface area contributed by atoms with Gasteiger partial charge in [0, 0.05) is 17.0 Å². The van der Waals surface area contributed by atoms with Crippen LogP contribution in [-0.2, 0) is 6.42 Å². The average molecular weight is 361 g/mol. The van der Waals surface area contributed by atoms with Crippen LogP contribution >= 0.6 is 11.6 Å². The van der Waals surface area contributed by atoms with Crippen LogP contribution in [0.5, 0.6) is 0 Å². The molecule has 2 aromatic carbocycles. The first kappa shape index (κ1) is 16.1. The van der Waals surface area contributed by atoms with Crippen molar-refractivity contribution >= 4 is 22.7 Å². The lowest BCUT2D eigenvalue weighted by Crippen LogP contribution is -2.07. The van der Waals surface area contributed by atoms with Crippen LogP contribution in [0.1, 0.15) is 16.8 Å². The fraction of sp³-hybridized carbons (Fsp3) is 0.0500. The molecule has 6 heteroatoms. The Balaban J connectivity index is 2.02. The number of H-pyrrole nitrogens is 1. The molecule has 0 fully saturated rings. The lowest BCUT2D eigenvalue weighted by atomic mass is 9.96. The molecule has 0 aliphatic carbocycles. The third-order valence-corrected chi connectivity index (χ3v) is 4.42. The Hall–Kier alpha value is -3.36. The van der Waals surface area contributed by atoms with Crippen LogP contribution in [-0.4, -0.2) is 10.2 Å². The van der Waals surface area contributed by atoms with Crippen LogP contribution in [0, 0.1) is 16.7 Å². The quantitative estimate of drug-likeness (QED) is 0.566. The third kappa shape index (κ3) is 2.77. The summed E-state index contributed by atoms with van der Waals surface area (Å²) in [7, 11) is 0. The van der Waals surface area contributed by atoms with Gasteiger partial charge in [0.2, 0.25) is 11.3 Å². The minimum atomic E-state index is -0.215. The summed E-state index contributed by atoms with van der Waals surface area (Å²) >= 11 is 6.15. The Bertz CT molecular complexity index is 1200. The van der Waals surface area contributed by atoms with Crippen molar-refractivity contribution in [2.24, 2.45) is 0 Å². The van der Waals surface area contributed by atoms with E-state index in [0.717, 1.165) is 16.8 Å². The molecular weight excluding hydrogens is 348 g/mol. The number of aromatic nitrogens is 2. The highest BCUT2D eigenvalue weighted by molar-refractivity contribution is 6.30. The van der Waals surface area contributed by atoms with Crippen molar-refractivity contribution in [2.75, 3.05) is 0 Å². The average Bonchev–Trinajstić information content (AvgIpc) is 3.03. The summed E-state index contributed by atoms with van der Waals surface area (Å²) in [5.74, 6) is 0. The number of hydrogen-bond acceptors (Lipinski definition) is 4. The second-order valence-electron chi connectivity index (χ2n) is 5.85. The minimum absolute atomic E-state index is 0.162. The molecule has 0 amide bonds. The molecule has 0 spiro atoms. The van der Waals surface area contributed by atoms with E-state index < -0.39 is 0 Å². The van der Waals surface area contributed by atoms with Crippen LogP contribution in [0.4, 0.5) is 0 Å². The zero-order chi connectivity index (χ0) is 18.1. The molecule has 5 nitrogen and oxygen atoms in total. The second-order valence-corrected chi connectivity index (χ2v) is 6.28. The number of nitrogens with zero attached hydrogens (tertiary/aromatic N) is 2. The number of aromatic amines is 1. The minimum Gasteiger partial charge on any atom is -0.418 e. The number of nitrogens with one attached hydrogen (secondary N) is 2. The largest absolute Gasteiger partial charge is 0.418 e. The van der Waals surface area contributed by atoms with Gasteiger partial charge in [-0.3, -0.25) is 10.5 Å². The second kappa shape index (κ2) is 6.51. The van der Waals surface area contributed by atoms with E-state index in [-0.39, 0.29) is 11.1 Å². The van der Waals surface area contributed by atoms with Crippen molar-refractivity contribution in [2.45, 2.75) is 6.42 Å². The van der Waals surface area contributed by atoms with Gasteiger partial charge in [0.05, 0.1) is 11.1 Å². The highest BCUT2D eigenvalue weighted by Gasteiger charge is 2.20. The standard InChI is InChI=1S/C20H13ClN4O/c21-14-8-4-7-13(10-14)17-15(11-22)19(23)26-20-18(17)16(24-25-20)9-12-5-2-1-3-6-12/h1-8,10,23H,9H2,(H,24,25). The van der Waals surface area contributed by atoms with Crippen molar-refractivity contribution in [3.05, 3.63) is 82.0 Å². The van der Waals surface area contributed by atoms with Gasteiger partial charge in [0.1, 0.15) is 11.6 Å². The molecule has 2 aromatic heterocycles. The summed E-state index contributed by atoms with van der Waals surface area (Å²) < 4.78 is 5.46. The number of halogens is 1. The van der Waals surface area contributed by atoms with Crippen LogP contribution < -0.4 is 5.55 Å². The highest BCUT2D eigenvalue weighted by atomic mass is 35.5. The molecule has 0 radical (unpaired) electrons. The lowest BCUT2D eigenvalue weighted by molar-refractivity contribution is 0.520. The van der Waals surface area contributed by atoms with Crippen LogP contribution in [0.25, 0.3) is 22.2 Å². The molecule has 0 unspecified atom stereocenters. The van der Waals surface area contributed by atoms with E-state index in [4.69, 9.17) is 21.4 Å². The van der Waals surface area contributed by atoms with E-state index in [9.17, 15) is 5.26 Å². The lowest BCUT2D eigenvalue weighted by Gasteiger charge is -2.08. The molecule has 126 valence electrons. The Morgan fingerprint density at radius 1 is 1.15 bits per heavy atom. The van der Waals surface area contributed by atoms with E-state index in [1.165, 1.54) is 0 Å². The molecule has 4 aromatic rings. The van der Waals surface area contributed by atoms with Crippen LogP contribution in [0.2, 0.25) is 5.02 Å². The first-order chi connectivity index (χ1) is 12.7. The summed E-state index contributed by atoms with van der Waals surface area (Å²) in [6.07, 6.45) is 0.600. The van der Waals surface area contributed by atoms with Gasteiger partial charge in [0.15, 0.2) is 0 Å². The topological polar surface area (TPSA) is 89.5 Å². The van der Waals surface area contributed by atoms with E-state index in [2.05, 4.69) is 16.3 Å². The molecule has 0 aliphatic rings. The maximum absolute atomic E-state index is 9.61. The third-order valence-electron chi connectivity index (χ3n) is 4.18. The smallest absolute Gasteiger partial charge is 0.248 e. The van der Waals surface area contributed by atoms with Crippen LogP contribution in [0.15, 0.2) is 59.0 Å². The van der Waals surface area contributed by atoms with Gasteiger partial charge >= 0.3 is 0 Å². The monoisotopic (exact) mass is 360 g/mol. The highest BCUT2D eigenvalue weighted by Crippen LogP contribution is 2.33. The van der Waals surface area contributed by atoms with Crippen molar-refractivity contribution in [1.29, 1.82) is 10.7 Å². The predicted octanol–water partition coefficient (Wildman–Crippen LogP) is 4.42. The van der Waals surface area contributed by atoms with E-state index >= 15 is 0 Å². The predicted molar refractivity (Wildman–Crippen MR) is 98.6 cm³/mol. The Morgan fingerprint density at radius 3 is 2.69 bits per heavy atom. The summed E-state index contributed by atoms with van der Waals surface area (Å²) in [4.78, 5) is 0. The zero-order valence-electron chi connectivity index (χ0n) is 13.6. The van der Waals surface area contributed by atoms with Crippen molar-refractivity contribution in [1.82, 2.24) is 10.2 Å². The van der Waals surface area contributed by atoms with Gasteiger partial charge in [-0.2, -0.15) is 5.26 Å². The summed E-state index contributed by atoms with van der Waals surface area (Å²) in [6.45, 7) is 0. The van der Waals surface area contributed by atoms with Crippen molar-refractivity contribution in [3.63, 3.8) is 0 Å². The molecule has 0 atom stereocenters. The molecular formula is C20H13ClN4O.